The van der Waals surface area contributed by atoms with Crippen LogP contribution in [0, 0.1) is 22.7 Å². The zero-order valence-electron chi connectivity index (χ0n) is 22.1. The number of nitrogens with zero attached hydrogens (tertiary/aromatic N) is 2. The van der Waals surface area contributed by atoms with Crippen LogP contribution in [-0.2, 0) is 9.59 Å². The molecule has 4 bridgehead atoms. The van der Waals surface area contributed by atoms with Crippen molar-refractivity contribution in [1.29, 1.82) is 0 Å². The molecule has 4 aliphatic rings. The van der Waals surface area contributed by atoms with E-state index < -0.39 is 10.8 Å². The van der Waals surface area contributed by atoms with Crippen molar-refractivity contribution in [3.05, 3.63) is 59.7 Å². The Labute approximate surface area is 223 Å². The SMILES string of the molecule is CCOc1ccc(/C=N/NC(=O)C23CC4CC(C2)CC(C(=O)N/N=C/c2ccc(OCC)cc2)(C4)C3)cc1. The number of rotatable bonds is 10. The van der Waals surface area contributed by atoms with Gasteiger partial charge in [0.25, 0.3) is 0 Å². The molecule has 0 unspecified atom stereocenters. The van der Waals surface area contributed by atoms with Crippen LogP contribution in [-0.4, -0.2) is 37.5 Å². The molecular weight excluding hydrogens is 480 g/mol. The zero-order valence-corrected chi connectivity index (χ0v) is 22.1. The van der Waals surface area contributed by atoms with E-state index in [4.69, 9.17) is 9.47 Å². The Hall–Kier alpha value is -3.68. The van der Waals surface area contributed by atoms with Crippen molar-refractivity contribution in [2.45, 2.75) is 52.4 Å². The maximum Gasteiger partial charge on any atom is 0.246 e. The molecule has 0 atom stereocenters. The normalized spacial score (nSPS) is 27.5. The van der Waals surface area contributed by atoms with Gasteiger partial charge < -0.3 is 9.47 Å². The third kappa shape index (κ3) is 5.44. The van der Waals surface area contributed by atoms with Crippen molar-refractivity contribution in [2.75, 3.05) is 13.2 Å². The molecule has 0 spiro atoms. The second-order valence-corrected chi connectivity index (χ2v) is 10.9. The van der Waals surface area contributed by atoms with Gasteiger partial charge in [0, 0.05) is 0 Å². The fraction of sp³-hybridized carbons (Fsp3) is 0.467. The molecule has 200 valence electrons. The first-order chi connectivity index (χ1) is 18.4. The summed E-state index contributed by atoms with van der Waals surface area (Å²) in [6.45, 7) is 5.11. The van der Waals surface area contributed by atoms with Crippen LogP contribution in [0.5, 0.6) is 11.5 Å². The Morgan fingerprint density at radius 1 is 0.763 bits per heavy atom. The third-order valence-corrected chi connectivity index (χ3v) is 8.17. The van der Waals surface area contributed by atoms with Gasteiger partial charge in [-0.05, 0) is 124 Å². The Kier molecular flexibility index (Phi) is 7.49. The lowest BCUT2D eigenvalue weighted by Crippen LogP contribution is -2.60. The van der Waals surface area contributed by atoms with E-state index in [0.717, 1.165) is 54.7 Å². The first kappa shape index (κ1) is 25.9. The van der Waals surface area contributed by atoms with Crippen molar-refractivity contribution < 1.29 is 19.1 Å². The van der Waals surface area contributed by atoms with E-state index in [1.165, 1.54) is 0 Å². The summed E-state index contributed by atoms with van der Waals surface area (Å²) >= 11 is 0. The van der Waals surface area contributed by atoms with Gasteiger partial charge in [-0.15, -0.1) is 0 Å². The zero-order chi connectivity index (χ0) is 26.6. The van der Waals surface area contributed by atoms with Crippen molar-refractivity contribution >= 4 is 24.2 Å². The van der Waals surface area contributed by atoms with Crippen molar-refractivity contribution in [2.24, 2.45) is 32.9 Å². The second-order valence-electron chi connectivity index (χ2n) is 10.9. The van der Waals surface area contributed by atoms with Gasteiger partial charge in [0.15, 0.2) is 0 Å². The Bertz CT molecular complexity index is 1100. The standard InChI is InChI=1S/C30H36N4O4/c1-3-37-25-9-5-21(6-10-25)18-31-33-27(35)29-14-23-13-24(15-29)17-30(16-23,20-29)28(36)34-32-19-22-7-11-26(12-8-22)38-4-2/h5-12,18-19,23-24H,3-4,13-17,20H2,1-2H3,(H,33,35)(H,34,36)/b31-18+,32-19+. The summed E-state index contributed by atoms with van der Waals surface area (Å²) in [6.07, 6.45) is 8.20. The van der Waals surface area contributed by atoms with Gasteiger partial charge in [-0.25, -0.2) is 10.9 Å². The molecule has 6 rings (SSSR count). The topological polar surface area (TPSA) is 101 Å². The maximum atomic E-state index is 13.4. The van der Waals surface area contributed by atoms with Crippen LogP contribution in [0.25, 0.3) is 0 Å². The monoisotopic (exact) mass is 516 g/mol. The molecule has 2 aromatic carbocycles. The first-order valence-electron chi connectivity index (χ1n) is 13.6. The lowest BCUT2D eigenvalue weighted by atomic mass is 9.43. The largest absolute Gasteiger partial charge is 0.494 e. The van der Waals surface area contributed by atoms with Crippen LogP contribution in [0.1, 0.15) is 63.5 Å². The molecule has 0 heterocycles. The molecule has 38 heavy (non-hydrogen) atoms. The highest BCUT2D eigenvalue weighted by molar-refractivity contribution is 5.90. The summed E-state index contributed by atoms with van der Waals surface area (Å²) in [5.41, 5.74) is 6.21. The molecule has 2 N–H and O–H groups in total. The molecule has 2 amide bonds. The highest BCUT2D eigenvalue weighted by atomic mass is 16.5. The van der Waals surface area contributed by atoms with E-state index in [2.05, 4.69) is 21.1 Å². The number of benzene rings is 2. The number of amides is 2. The number of ether oxygens (including phenoxy) is 2. The first-order valence-corrected chi connectivity index (χ1v) is 13.6. The van der Waals surface area contributed by atoms with Crippen LogP contribution in [0.4, 0.5) is 0 Å². The molecular formula is C30H36N4O4. The number of carbonyl (C=O) groups is 2. The van der Waals surface area contributed by atoms with Crippen molar-refractivity contribution in [1.82, 2.24) is 10.9 Å². The Balaban J connectivity index is 1.22. The number of nitrogens with one attached hydrogen (secondary N) is 2. The summed E-state index contributed by atoms with van der Waals surface area (Å²) < 4.78 is 10.9. The predicted molar refractivity (Wildman–Crippen MR) is 146 cm³/mol. The molecule has 0 aliphatic heterocycles. The molecule has 0 saturated heterocycles. The van der Waals surface area contributed by atoms with Gasteiger partial charge in [0.05, 0.1) is 36.5 Å². The molecule has 0 radical (unpaired) electrons. The lowest BCUT2D eigenvalue weighted by Gasteiger charge is -2.60. The highest BCUT2D eigenvalue weighted by Crippen LogP contribution is 2.65. The summed E-state index contributed by atoms with van der Waals surface area (Å²) in [5.74, 6) is 2.19. The van der Waals surface area contributed by atoms with Crippen LogP contribution in [0.3, 0.4) is 0 Å². The minimum Gasteiger partial charge on any atom is -0.494 e. The quantitative estimate of drug-likeness (QED) is 0.354. The van der Waals surface area contributed by atoms with E-state index in [1.807, 2.05) is 62.4 Å². The van der Waals surface area contributed by atoms with Crippen molar-refractivity contribution in [3.8, 4) is 11.5 Å². The number of carbonyl (C=O) groups excluding carboxylic acids is 2. The molecule has 4 saturated carbocycles. The third-order valence-electron chi connectivity index (χ3n) is 8.17. The Morgan fingerprint density at radius 2 is 1.16 bits per heavy atom. The van der Waals surface area contributed by atoms with Gasteiger partial charge in [-0.2, -0.15) is 10.2 Å². The summed E-state index contributed by atoms with van der Waals surface area (Å²) in [6, 6.07) is 15.1. The molecule has 8 heteroatoms. The van der Waals surface area contributed by atoms with Gasteiger partial charge >= 0.3 is 0 Å². The van der Waals surface area contributed by atoms with Gasteiger partial charge in [-0.3, -0.25) is 9.59 Å². The lowest BCUT2D eigenvalue weighted by molar-refractivity contribution is -0.167. The molecule has 0 aromatic heterocycles. The van der Waals surface area contributed by atoms with E-state index in [1.54, 1.807) is 12.4 Å². The molecule has 4 fully saturated rings. The smallest absolute Gasteiger partial charge is 0.246 e. The van der Waals surface area contributed by atoms with E-state index in [9.17, 15) is 9.59 Å². The van der Waals surface area contributed by atoms with E-state index in [-0.39, 0.29) is 11.8 Å². The van der Waals surface area contributed by atoms with Crippen LogP contribution in [0.15, 0.2) is 58.7 Å². The minimum atomic E-state index is -0.559. The molecule has 8 nitrogen and oxygen atoms in total. The van der Waals surface area contributed by atoms with Gasteiger partial charge in [0.1, 0.15) is 11.5 Å². The van der Waals surface area contributed by atoms with Crippen molar-refractivity contribution in [3.63, 3.8) is 0 Å². The maximum absolute atomic E-state index is 13.4. The predicted octanol–water partition coefficient (Wildman–Crippen LogP) is 4.67. The van der Waals surface area contributed by atoms with E-state index in [0.29, 0.717) is 31.5 Å². The van der Waals surface area contributed by atoms with Crippen LogP contribution >= 0.6 is 0 Å². The number of hydrogen-bond donors (Lipinski definition) is 2. The molecule has 4 aliphatic carbocycles. The fourth-order valence-corrected chi connectivity index (χ4v) is 7.00. The number of hydrogen-bond acceptors (Lipinski definition) is 6. The van der Waals surface area contributed by atoms with Gasteiger partial charge in [-0.1, -0.05) is 0 Å². The fourth-order valence-electron chi connectivity index (χ4n) is 7.00. The molecule has 2 aromatic rings. The summed E-state index contributed by atoms with van der Waals surface area (Å²) in [4.78, 5) is 26.9. The van der Waals surface area contributed by atoms with E-state index >= 15 is 0 Å². The summed E-state index contributed by atoms with van der Waals surface area (Å²) in [5, 5.41) is 8.49. The Morgan fingerprint density at radius 3 is 1.53 bits per heavy atom. The second kappa shape index (κ2) is 11.0. The van der Waals surface area contributed by atoms with Crippen LogP contribution < -0.4 is 20.3 Å². The highest BCUT2D eigenvalue weighted by Gasteiger charge is 2.63. The van der Waals surface area contributed by atoms with Gasteiger partial charge in [0.2, 0.25) is 11.8 Å². The minimum absolute atomic E-state index is 0.0798. The summed E-state index contributed by atoms with van der Waals surface area (Å²) in [7, 11) is 0. The number of hydrazone groups is 2. The van der Waals surface area contributed by atoms with Crippen LogP contribution in [0.2, 0.25) is 0 Å². The average molecular weight is 517 g/mol. The average Bonchev–Trinajstić information content (AvgIpc) is 2.90.